The Morgan fingerprint density at radius 3 is 2.37 bits per heavy atom. The summed E-state index contributed by atoms with van der Waals surface area (Å²) in [6, 6.07) is 7.88. The van der Waals surface area contributed by atoms with Crippen LogP contribution in [0.25, 0.3) is 0 Å². The van der Waals surface area contributed by atoms with Gasteiger partial charge in [0.25, 0.3) is 0 Å². The molecule has 1 aromatic carbocycles. The number of likely N-dealkylation sites (N-methyl/N-ethyl adjacent to an activating group) is 2. The summed E-state index contributed by atoms with van der Waals surface area (Å²) >= 11 is 0. The average molecular weight is 264 g/mol. The third-order valence-corrected chi connectivity index (χ3v) is 4.13. The summed E-state index contributed by atoms with van der Waals surface area (Å²) in [6.07, 6.45) is 0.911. The Hall–Kier alpha value is -1.06. The Morgan fingerprint density at radius 2 is 1.89 bits per heavy atom. The summed E-state index contributed by atoms with van der Waals surface area (Å²) in [7, 11) is 2.01. The van der Waals surface area contributed by atoms with Gasteiger partial charge in [0, 0.05) is 11.6 Å². The van der Waals surface area contributed by atoms with Crippen LogP contribution in [0, 0.1) is 0 Å². The van der Waals surface area contributed by atoms with E-state index in [4.69, 9.17) is 0 Å². The standard InChI is InChI=1S/C16H28N2O/c1-6-18(7-2)16(3,4)15(17-5)12-13-9-8-10-14(19)11-13/h8-11,15,17,19H,6-7,12H2,1-5H3. The number of benzene rings is 1. The molecule has 1 rings (SSSR count). The Balaban J connectivity index is 2.88. The van der Waals surface area contributed by atoms with Crippen molar-refractivity contribution in [2.45, 2.75) is 45.7 Å². The van der Waals surface area contributed by atoms with E-state index in [1.54, 1.807) is 6.07 Å². The minimum absolute atomic E-state index is 0.0731. The maximum atomic E-state index is 9.57. The number of nitrogens with zero attached hydrogens (tertiary/aromatic N) is 1. The maximum absolute atomic E-state index is 9.57. The minimum Gasteiger partial charge on any atom is -0.508 e. The van der Waals surface area contributed by atoms with E-state index in [9.17, 15) is 5.11 Å². The molecule has 0 aliphatic carbocycles. The molecule has 3 nitrogen and oxygen atoms in total. The lowest BCUT2D eigenvalue weighted by Crippen LogP contribution is -2.57. The minimum atomic E-state index is 0.0731. The quantitative estimate of drug-likeness (QED) is 0.795. The van der Waals surface area contributed by atoms with Crippen LogP contribution in [0.15, 0.2) is 24.3 Å². The number of hydrogen-bond donors (Lipinski definition) is 2. The molecule has 0 saturated carbocycles. The Labute approximate surface area is 117 Å². The van der Waals surface area contributed by atoms with Gasteiger partial charge in [0.15, 0.2) is 0 Å². The Morgan fingerprint density at radius 1 is 1.26 bits per heavy atom. The topological polar surface area (TPSA) is 35.5 Å². The monoisotopic (exact) mass is 264 g/mol. The molecule has 0 saturated heterocycles. The number of aromatic hydroxyl groups is 1. The molecule has 1 unspecified atom stereocenters. The van der Waals surface area contributed by atoms with Gasteiger partial charge in [-0.15, -0.1) is 0 Å². The van der Waals surface area contributed by atoms with Crippen LogP contribution in [0.5, 0.6) is 5.75 Å². The van der Waals surface area contributed by atoms with Crippen LogP contribution in [0.1, 0.15) is 33.3 Å². The van der Waals surface area contributed by atoms with E-state index in [1.807, 2.05) is 19.2 Å². The van der Waals surface area contributed by atoms with Crippen LogP contribution >= 0.6 is 0 Å². The highest BCUT2D eigenvalue weighted by molar-refractivity contribution is 5.28. The van der Waals surface area contributed by atoms with E-state index in [0.717, 1.165) is 19.5 Å². The summed E-state index contributed by atoms with van der Waals surface area (Å²) in [5.74, 6) is 0.341. The molecule has 2 N–H and O–H groups in total. The van der Waals surface area contributed by atoms with Gasteiger partial charge < -0.3 is 10.4 Å². The van der Waals surface area contributed by atoms with E-state index in [1.165, 1.54) is 5.56 Å². The zero-order valence-corrected chi connectivity index (χ0v) is 12.9. The lowest BCUT2D eigenvalue weighted by atomic mass is 9.87. The smallest absolute Gasteiger partial charge is 0.115 e. The van der Waals surface area contributed by atoms with Crippen molar-refractivity contribution in [1.29, 1.82) is 0 Å². The van der Waals surface area contributed by atoms with Gasteiger partial charge in [0.1, 0.15) is 5.75 Å². The molecule has 0 fully saturated rings. The Kier molecular flexibility index (Phi) is 5.83. The van der Waals surface area contributed by atoms with Crippen molar-refractivity contribution < 1.29 is 5.11 Å². The molecule has 19 heavy (non-hydrogen) atoms. The van der Waals surface area contributed by atoms with Crippen LogP contribution in [-0.2, 0) is 6.42 Å². The van der Waals surface area contributed by atoms with E-state index in [2.05, 4.69) is 44.0 Å². The molecule has 0 spiro atoms. The fraction of sp³-hybridized carbons (Fsp3) is 0.625. The predicted molar refractivity (Wildman–Crippen MR) is 81.7 cm³/mol. The SMILES string of the molecule is CCN(CC)C(C)(C)C(Cc1cccc(O)c1)NC. The first-order valence-corrected chi connectivity index (χ1v) is 7.15. The molecule has 0 aliphatic heterocycles. The highest BCUT2D eigenvalue weighted by atomic mass is 16.3. The van der Waals surface area contributed by atoms with Crippen molar-refractivity contribution in [1.82, 2.24) is 10.2 Å². The number of phenolic OH excluding ortho intramolecular Hbond substituents is 1. The number of rotatable bonds is 7. The van der Waals surface area contributed by atoms with Gasteiger partial charge in [-0.1, -0.05) is 26.0 Å². The van der Waals surface area contributed by atoms with E-state index >= 15 is 0 Å². The van der Waals surface area contributed by atoms with Crippen LogP contribution in [0.4, 0.5) is 0 Å². The number of hydrogen-bond acceptors (Lipinski definition) is 3. The van der Waals surface area contributed by atoms with E-state index in [0.29, 0.717) is 11.8 Å². The molecular weight excluding hydrogens is 236 g/mol. The summed E-state index contributed by atoms with van der Waals surface area (Å²) in [5.41, 5.74) is 1.24. The van der Waals surface area contributed by atoms with Crippen molar-refractivity contribution in [2.24, 2.45) is 0 Å². The molecule has 0 bridgehead atoms. The first-order chi connectivity index (χ1) is 8.95. The first kappa shape index (κ1) is 16.0. The zero-order valence-electron chi connectivity index (χ0n) is 12.9. The van der Waals surface area contributed by atoms with Gasteiger partial charge in [-0.2, -0.15) is 0 Å². The predicted octanol–water partition coefficient (Wildman–Crippen LogP) is 2.64. The molecule has 0 aromatic heterocycles. The summed E-state index contributed by atoms with van der Waals surface area (Å²) < 4.78 is 0. The molecule has 3 heteroatoms. The molecule has 0 radical (unpaired) electrons. The second kappa shape index (κ2) is 6.92. The lowest BCUT2D eigenvalue weighted by molar-refractivity contribution is 0.0943. The zero-order chi connectivity index (χ0) is 14.5. The highest BCUT2D eigenvalue weighted by Crippen LogP contribution is 2.23. The fourth-order valence-corrected chi connectivity index (χ4v) is 2.88. The van der Waals surface area contributed by atoms with Crippen molar-refractivity contribution in [3.8, 4) is 5.75 Å². The van der Waals surface area contributed by atoms with Crippen molar-refractivity contribution >= 4 is 0 Å². The first-order valence-electron chi connectivity index (χ1n) is 7.15. The second-order valence-electron chi connectivity index (χ2n) is 5.54. The van der Waals surface area contributed by atoms with Crippen LogP contribution < -0.4 is 5.32 Å². The molecule has 1 aromatic rings. The van der Waals surface area contributed by atoms with Crippen molar-refractivity contribution in [3.63, 3.8) is 0 Å². The summed E-state index contributed by atoms with van der Waals surface area (Å²) in [5, 5.41) is 13.0. The highest BCUT2D eigenvalue weighted by Gasteiger charge is 2.32. The third kappa shape index (κ3) is 3.95. The van der Waals surface area contributed by atoms with Gasteiger partial charge >= 0.3 is 0 Å². The second-order valence-corrected chi connectivity index (χ2v) is 5.54. The maximum Gasteiger partial charge on any atom is 0.115 e. The Bertz CT molecular complexity index is 386. The molecule has 0 aliphatic rings. The van der Waals surface area contributed by atoms with Gasteiger partial charge in [0.05, 0.1) is 0 Å². The largest absolute Gasteiger partial charge is 0.508 e. The van der Waals surface area contributed by atoms with E-state index < -0.39 is 0 Å². The fourth-order valence-electron chi connectivity index (χ4n) is 2.88. The molecule has 108 valence electrons. The summed E-state index contributed by atoms with van der Waals surface area (Å²) in [6.45, 7) is 11.1. The van der Waals surface area contributed by atoms with Crippen molar-refractivity contribution in [3.05, 3.63) is 29.8 Å². The molecule has 0 heterocycles. The number of nitrogens with one attached hydrogen (secondary N) is 1. The van der Waals surface area contributed by atoms with Crippen molar-refractivity contribution in [2.75, 3.05) is 20.1 Å². The third-order valence-electron chi connectivity index (χ3n) is 4.13. The van der Waals surface area contributed by atoms with Crippen LogP contribution in [-0.4, -0.2) is 41.7 Å². The lowest BCUT2D eigenvalue weighted by Gasteiger charge is -2.43. The average Bonchev–Trinajstić information content (AvgIpc) is 2.37. The molecule has 1 atom stereocenters. The van der Waals surface area contributed by atoms with E-state index in [-0.39, 0.29) is 5.54 Å². The van der Waals surface area contributed by atoms with Crippen LogP contribution in [0.3, 0.4) is 0 Å². The molecular formula is C16H28N2O. The van der Waals surface area contributed by atoms with Crippen LogP contribution in [0.2, 0.25) is 0 Å². The van der Waals surface area contributed by atoms with Gasteiger partial charge in [-0.25, -0.2) is 0 Å². The van der Waals surface area contributed by atoms with Gasteiger partial charge in [-0.05, 0) is 58.1 Å². The summed E-state index contributed by atoms with van der Waals surface area (Å²) in [4.78, 5) is 2.47. The normalized spacial score (nSPS) is 13.8. The van der Waals surface area contributed by atoms with Gasteiger partial charge in [-0.3, -0.25) is 4.90 Å². The van der Waals surface area contributed by atoms with Gasteiger partial charge in [0.2, 0.25) is 0 Å². The number of phenols is 1. The molecule has 0 amide bonds.